The van der Waals surface area contributed by atoms with Gasteiger partial charge in [-0.1, -0.05) is 58.9 Å². The van der Waals surface area contributed by atoms with Gasteiger partial charge in [0.25, 0.3) is 0 Å². The molecule has 1 aromatic carbocycles. The minimum absolute atomic E-state index is 0.0291. The number of aromatic nitrogens is 1. The summed E-state index contributed by atoms with van der Waals surface area (Å²) in [6, 6.07) is 5.96. The Labute approximate surface area is 402 Å². The lowest BCUT2D eigenvalue weighted by atomic mass is 9.57. The third-order valence-electron chi connectivity index (χ3n) is 14.2. The number of aliphatic hydroxyl groups excluding tert-OH is 1. The fraction of sp³-hybridized carbons (Fsp3) is 0.688. The number of benzene rings is 1. The molecule has 6 amide bonds. The molecule has 6 fully saturated rings. The van der Waals surface area contributed by atoms with E-state index in [1.54, 1.807) is 23.8 Å². The van der Waals surface area contributed by atoms with Crippen molar-refractivity contribution in [3.05, 3.63) is 41.0 Å². The first-order chi connectivity index (χ1) is 32.3. The van der Waals surface area contributed by atoms with E-state index in [1.165, 1.54) is 9.91 Å². The van der Waals surface area contributed by atoms with Crippen LogP contribution in [0.5, 0.6) is 0 Å². The van der Waals surface area contributed by atoms with Gasteiger partial charge in [0.1, 0.15) is 12.1 Å². The average Bonchev–Trinajstić information content (AvgIpc) is 3.84. The number of rotatable bonds is 19. The zero-order valence-corrected chi connectivity index (χ0v) is 41.1. The Bertz CT molecular complexity index is 2150. The number of hydrazine groups is 1. The molecule has 6 aliphatic rings. The highest BCUT2D eigenvalue weighted by Gasteiger charge is 2.71. The van der Waals surface area contributed by atoms with Crippen molar-refractivity contribution in [3.63, 3.8) is 0 Å². The Kier molecular flexibility index (Phi) is 16.3. The number of β-amino-alcohol motifs (C(OH)–C–C–N with tert-alkyl or cyclic N) is 1. The number of thiazole rings is 1. The Morgan fingerprint density at radius 2 is 1.65 bits per heavy atom. The Hall–Kier alpha value is -4.57. The van der Waals surface area contributed by atoms with Crippen LogP contribution in [0.1, 0.15) is 104 Å². The minimum Gasteiger partial charge on any atom is -0.391 e. The molecule has 19 nitrogen and oxygen atoms in total. The van der Waals surface area contributed by atoms with Crippen LogP contribution in [0.25, 0.3) is 10.4 Å². The van der Waals surface area contributed by atoms with Crippen LogP contribution in [0.15, 0.2) is 29.8 Å². The number of likely N-dealkylation sites (tertiary alicyclic amines) is 1. The van der Waals surface area contributed by atoms with Gasteiger partial charge in [-0.3, -0.25) is 34.2 Å². The summed E-state index contributed by atoms with van der Waals surface area (Å²) in [6.45, 7) is 14.3. The number of fused-ring (bicyclic) bond motifs is 2. The van der Waals surface area contributed by atoms with Crippen molar-refractivity contribution >= 4 is 46.8 Å². The Morgan fingerprint density at radius 1 is 0.926 bits per heavy atom. The van der Waals surface area contributed by atoms with Crippen LogP contribution in [0, 0.1) is 36.0 Å². The van der Waals surface area contributed by atoms with Gasteiger partial charge in [0.2, 0.25) is 41.2 Å². The summed E-state index contributed by atoms with van der Waals surface area (Å²) >= 11 is 1.56. The first-order valence-electron chi connectivity index (χ1n) is 24.0. The summed E-state index contributed by atoms with van der Waals surface area (Å²) in [5, 5.41) is 20.3. The zero-order valence-electron chi connectivity index (χ0n) is 40.3. The van der Waals surface area contributed by atoms with Gasteiger partial charge in [-0.05, 0) is 61.5 Å². The number of aliphatic hydroxyl groups is 1. The van der Waals surface area contributed by atoms with Crippen molar-refractivity contribution < 1.29 is 57.9 Å². The van der Waals surface area contributed by atoms with Crippen molar-refractivity contribution in [1.82, 2.24) is 36.3 Å². The van der Waals surface area contributed by atoms with Crippen molar-refractivity contribution in [2.24, 2.45) is 29.1 Å². The summed E-state index contributed by atoms with van der Waals surface area (Å²) in [5.41, 5.74) is 5.80. The van der Waals surface area contributed by atoms with Gasteiger partial charge < -0.3 is 40.2 Å². The van der Waals surface area contributed by atoms with E-state index in [4.69, 9.17) is 24.0 Å². The monoisotopic (exact) mass is 967 g/mol. The number of aryl methyl sites for hydroxylation is 1. The van der Waals surface area contributed by atoms with Gasteiger partial charge in [0.05, 0.1) is 48.6 Å². The molecule has 20 heteroatoms. The van der Waals surface area contributed by atoms with Crippen LogP contribution in [0.2, 0.25) is 0 Å². The van der Waals surface area contributed by atoms with Crippen molar-refractivity contribution in [2.45, 2.75) is 142 Å². The number of carbonyl (C=O) groups is 6. The van der Waals surface area contributed by atoms with E-state index in [9.17, 15) is 33.9 Å². The van der Waals surface area contributed by atoms with E-state index in [-0.39, 0.29) is 101 Å². The molecule has 6 heterocycles. The lowest BCUT2D eigenvalue weighted by Gasteiger charge is -2.61. The fourth-order valence-electron chi connectivity index (χ4n) is 10.4. The molecule has 2 aromatic rings. The first-order valence-corrected chi connectivity index (χ1v) is 24.8. The van der Waals surface area contributed by atoms with E-state index >= 15 is 0 Å². The van der Waals surface area contributed by atoms with E-state index in [0.29, 0.717) is 12.3 Å². The quantitative estimate of drug-likeness (QED) is 0.101. The molecule has 10 atom stereocenters. The molecule has 2 bridgehead atoms. The standard InChI is InChI=1S/C48H69N7O12S/c1-28-8-13-35-29(2)43(61)55(45-48(35)34(28)16-18-47(7,65-45)66-67-48)53-39(59)15-14-37(57)49-19-21-64-23-22-63-20-17-38(58)52-41(46(4,5)6)44(62)54-26-33(56)24-36(54)42(60)50-25-31-9-11-32(12-10-31)40-30(3)51-27-68-40/h9-12,27-29,33-36,41,45,56H,8,13-26H2,1-7H3,(H,49,57)(H,50,60)(H,52,58)(H,53,59). The average molecular weight is 968 g/mol. The predicted molar refractivity (Wildman–Crippen MR) is 247 cm³/mol. The van der Waals surface area contributed by atoms with Crippen LogP contribution in [-0.4, -0.2) is 131 Å². The summed E-state index contributed by atoms with van der Waals surface area (Å²) < 4.78 is 17.6. The SMILES string of the molecule is Cc1ncsc1-c1ccc(CNC(=O)C2CC(O)CN2C(=O)C(NC(=O)CCOCCOCCNC(=O)CCC(=O)NN2C(=O)C(C)C3CCC(C)C4CCC5(C)OOC43C2O5)C(C)(C)C)cc1. The van der Waals surface area contributed by atoms with Gasteiger partial charge >= 0.3 is 0 Å². The van der Waals surface area contributed by atoms with E-state index < -0.39 is 64.9 Å². The summed E-state index contributed by atoms with van der Waals surface area (Å²) in [4.78, 5) is 98.7. The number of carbonyl (C=O) groups excluding carboxylic acids is 6. The van der Waals surface area contributed by atoms with E-state index in [1.807, 2.05) is 58.9 Å². The van der Waals surface area contributed by atoms with E-state index in [2.05, 4.69) is 33.3 Å². The van der Waals surface area contributed by atoms with Crippen LogP contribution in [0.3, 0.4) is 0 Å². The van der Waals surface area contributed by atoms with Gasteiger partial charge in [-0.15, -0.1) is 11.3 Å². The molecule has 0 radical (unpaired) electrons. The zero-order chi connectivity index (χ0) is 49.0. The normalized spacial score (nSPS) is 29.2. The third kappa shape index (κ3) is 11.4. The largest absolute Gasteiger partial charge is 0.391 e. The second-order valence-corrected chi connectivity index (χ2v) is 21.1. The molecule has 5 saturated heterocycles. The molecule has 1 aromatic heterocycles. The second-order valence-electron chi connectivity index (χ2n) is 20.2. The highest BCUT2D eigenvalue weighted by atomic mass is 32.1. The van der Waals surface area contributed by atoms with Crippen LogP contribution >= 0.6 is 11.3 Å². The maximum absolute atomic E-state index is 14.0. The topological polar surface area (TPSA) is 236 Å². The number of nitrogens with one attached hydrogen (secondary N) is 4. The highest BCUT2D eigenvalue weighted by Crippen LogP contribution is 2.60. The lowest BCUT2D eigenvalue weighted by Crippen LogP contribution is -2.77. The number of hydrogen-bond acceptors (Lipinski definition) is 14. The molecule has 5 aliphatic heterocycles. The second kappa shape index (κ2) is 21.6. The number of hydrogen-bond donors (Lipinski definition) is 5. The molecule has 374 valence electrons. The van der Waals surface area contributed by atoms with E-state index in [0.717, 1.165) is 41.0 Å². The number of nitrogens with zero attached hydrogens (tertiary/aromatic N) is 3. The molecular weight excluding hydrogens is 899 g/mol. The highest BCUT2D eigenvalue weighted by molar-refractivity contribution is 7.13. The van der Waals surface area contributed by atoms with Gasteiger partial charge in [0, 0.05) is 63.6 Å². The van der Waals surface area contributed by atoms with Crippen molar-refractivity contribution in [1.29, 1.82) is 0 Å². The lowest BCUT2D eigenvalue weighted by molar-refractivity contribution is -0.549. The number of amides is 6. The molecule has 1 spiro atoms. The van der Waals surface area contributed by atoms with Crippen LogP contribution < -0.4 is 21.4 Å². The number of piperidine rings is 1. The molecular formula is C48H69N7O12S. The third-order valence-corrected chi connectivity index (χ3v) is 15.2. The van der Waals surface area contributed by atoms with Gasteiger partial charge in [0.15, 0.2) is 11.8 Å². The minimum atomic E-state index is -1.06. The summed E-state index contributed by atoms with van der Waals surface area (Å²) in [7, 11) is 0. The van der Waals surface area contributed by atoms with Crippen LogP contribution in [0.4, 0.5) is 0 Å². The molecule has 1 aliphatic carbocycles. The Morgan fingerprint density at radius 3 is 2.35 bits per heavy atom. The van der Waals surface area contributed by atoms with Gasteiger partial charge in [-0.25, -0.2) is 19.8 Å². The summed E-state index contributed by atoms with van der Waals surface area (Å²) in [6.07, 6.45) is 1.23. The van der Waals surface area contributed by atoms with Crippen LogP contribution in [-0.2, 0) is 59.3 Å². The summed E-state index contributed by atoms with van der Waals surface area (Å²) in [5.74, 6) is -3.55. The molecule has 8 rings (SSSR count). The smallest absolute Gasteiger partial charge is 0.246 e. The van der Waals surface area contributed by atoms with Crippen molar-refractivity contribution in [2.75, 3.05) is 39.5 Å². The van der Waals surface area contributed by atoms with Gasteiger partial charge in [-0.2, -0.15) is 0 Å². The van der Waals surface area contributed by atoms with Crippen molar-refractivity contribution in [3.8, 4) is 10.4 Å². The predicted octanol–water partition coefficient (Wildman–Crippen LogP) is 3.27. The molecule has 68 heavy (non-hydrogen) atoms. The first kappa shape index (κ1) is 51.3. The molecule has 1 saturated carbocycles. The maximum atomic E-state index is 14.0. The fourth-order valence-corrected chi connectivity index (χ4v) is 11.3. The molecule has 10 unspecified atom stereocenters. The maximum Gasteiger partial charge on any atom is 0.246 e. The molecule has 5 N–H and O–H groups in total. The Balaban J connectivity index is 0.771. The number of ether oxygens (including phenoxy) is 3.